The zero-order valence-electron chi connectivity index (χ0n) is 3.41. The molecular weight excluding hydrogens is 227 g/mol. The summed E-state index contributed by atoms with van der Waals surface area (Å²) in [4.78, 5) is 0. The molecule has 0 radical (unpaired) electrons. The van der Waals surface area contributed by atoms with Crippen LogP contribution in [-0.4, -0.2) is 0 Å². The molecule has 0 N–H and O–H groups in total. The predicted molar refractivity (Wildman–Crippen MR) is 39.6 cm³/mol. The van der Waals surface area contributed by atoms with Gasteiger partial charge in [-0.05, 0) is 43.2 Å². The molecule has 0 heterocycles. The van der Waals surface area contributed by atoms with Crippen molar-refractivity contribution in [2.24, 2.45) is 0 Å². The first-order valence-electron chi connectivity index (χ1n) is 1.42. The quantitative estimate of drug-likeness (QED) is 0.605. The summed E-state index contributed by atoms with van der Waals surface area (Å²) in [5, 5.41) is 0.928. The van der Waals surface area contributed by atoms with Gasteiger partial charge in [-0.15, -0.1) is 0 Å². The van der Waals surface area contributed by atoms with Crippen molar-refractivity contribution in [2.45, 2.75) is 6.92 Å². The largest absolute Gasteiger partial charge is 0.0940 e. The number of hydrogen-bond donors (Lipinski definition) is 0. The molecule has 3 heteroatoms. The summed E-state index contributed by atoms with van der Waals surface area (Å²) in [7, 11) is 0. The van der Waals surface area contributed by atoms with E-state index in [9.17, 15) is 0 Å². The van der Waals surface area contributed by atoms with E-state index in [-0.39, 0.29) is 5.33 Å². The molecule has 6 heavy (non-hydrogen) atoms. The lowest BCUT2D eigenvalue weighted by Crippen LogP contribution is -1.46. The standard InChI is InChI=1S/C3H5Br2P/c1-3(2)6(4)5/h1H2,2H3. The van der Waals surface area contributed by atoms with Crippen LogP contribution in [0.1, 0.15) is 6.92 Å². The zero-order chi connectivity index (χ0) is 5.15. The lowest BCUT2D eigenvalue weighted by molar-refractivity contribution is 1.73. The maximum atomic E-state index is 3.69. The van der Waals surface area contributed by atoms with Gasteiger partial charge in [0, 0.05) is 0 Å². The van der Waals surface area contributed by atoms with Gasteiger partial charge in [-0.1, -0.05) is 6.58 Å². The van der Waals surface area contributed by atoms with E-state index in [1.807, 2.05) is 6.92 Å². The summed E-state index contributed by atoms with van der Waals surface area (Å²) in [6, 6.07) is 0. The van der Waals surface area contributed by atoms with Crippen LogP contribution in [0, 0.1) is 0 Å². The Hall–Kier alpha value is 1.13. The van der Waals surface area contributed by atoms with Crippen molar-refractivity contribution < 1.29 is 0 Å². The molecule has 0 spiro atoms. The van der Waals surface area contributed by atoms with Gasteiger partial charge in [-0.2, -0.15) is 0 Å². The Bertz CT molecular complexity index is 59.8. The zero-order valence-corrected chi connectivity index (χ0v) is 7.48. The molecule has 0 fully saturated rings. The van der Waals surface area contributed by atoms with Crippen LogP contribution in [0.3, 0.4) is 0 Å². The molecule has 0 aliphatic carbocycles. The highest BCUT2D eigenvalue weighted by Gasteiger charge is 1.92. The van der Waals surface area contributed by atoms with E-state index in [0.29, 0.717) is 0 Å². The van der Waals surface area contributed by atoms with Crippen LogP contribution in [0.2, 0.25) is 0 Å². The number of hydrogen-bond acceptors (Lipinski definition) is 0. The number of allylic oxidation sites excluding steroid dienone is 1. The molecule has 0 saturated heterocycles. The molecule has 0 aliphatic heterocycles. The third-order valence-corrected chi connectivity index (χ3v) is 4.50. The summed E-state index contributed by atoms with van der Waals surface area (Å²) in [5.41, 5.74) is 0. The Labute approximate surface area is 55.2 Å². The Morgan fingerprint density at radius 2 is 1.83 bits per heavy atom. The van der Waals surface area contributed by atoms with Gasteiger partial charge < -0.3 is 0 Å². The molecular formula is C3H5Br2P. The van der Waals surface area contributed by atoms with E-state index in [1.54, 1.807) is 0 Å². The van der Waals surface area contributed by atoms with E-state index in [1.165, 1.54) is 0 Å². The molecule has 0 bridgehead atoms. The average Bonchev–Trinajstić information content (AvgIpc) is 1.36. The summed E-state index contributed by atoms with van der Waals surface area (Å²) in [6.07, 6.45) is 0. The minimum atomic E-state index is -0.229. The van der Waals surface area contributed by atoms with Crippen molar-refractivity contribution in [2.75, 3.05) is 0 Å². The first-order chi connectivity index (χ1) is 2.64. The molecule has 0 aliphatic rings. The average molecular weight is 232 g/mol. The fourth-order valence-corrected chi connectivity index (χ4v) is 0. The summed E-state index contributed by atoms with van der Waals surface area (Å²) in [6.45, 7) is 5.67. The van der Waals surface area contributed by atoms with E-state index in [0.717, 1.165) is 5.31 Å². The molecule has 0 unspecified atom stereocenters. The van der Waals surface area contributed by atoms with Crippen LogP contribution in [-0.2, 0) is 0 Å². The monoisotopic (exact) mass is 230 g/mol. The highest BCUT2D eigenvalue weighted by atomic mass is 79.9. The molecule has 0 nitrogen and oxygen atoms in total. The number of rotatable bonds is 1. The summed E-state index contributed by atoms with van der Waals surface area (Å²) in [5.74, 6) is 0. The van der Waals surface area contributed by atoms with E-state index in [4.69, 9.17) is 0 Å². The third kappa shape index (κ3) is 3.32. The minimum absolute atomic E-state index is 0.229. The Kier molecular flexibility index (Phi) is 3.77. The predicted octanol–water partition coefficient (Wildman–Crippen LogP) is 3.62. The molecule has 0 amide bonds. The Balaban J connectivity index is 3.26. The van der Waals surface area contributed by atoms with E-state index < -0.39 is 0 Å². The molecule has 0 aromatic carbocycles. The lowest BCUT2D eigenvalue weighted by Gasteiger charge is -1.92. The van der Waals surface area contributed by atoms with Crippen molar-refractivity contribution in [1.82, 2.24) is 0 Å². The third-order valence-electron chi connectivity index (χ3n) is 0.289. The second kappa shape index (κ2) is 3.17. The van der Waals surface area contributed by atoms with Gasteiger partial charge in [0.15, 0.2) is 0 Å². The molecule has 0 aromatic heterocycles. The molecule has 36 valence electrons. The minimum Gasteiger partial charge on any atom is -0.0940 e. The molecule has 0 aromatic rings. The first-order valence-corrected chi connectivity index (χ1v) is 6.79. The van der Waals surface area contributed by atoms with Crippen molar-refractivity contribution in [3.8, 4) is 0 Å². The van der Waals surface area contributed by atoms with Gasteiger partial charge in [0.1, 0.15) is 0 Å². The maximum absolute atomic E-state index is 3.69. The Morgan fingerprint density at radius 3 is 1.83 bits per heavy atom. The van der Waals surface area contributed by atoms with Crippen molar-refractivity contribution in [3.05, 3.63) is 11.9 Å². The van der Waals surface area contributed by atoms with Crippen LogP contribution < -0.4 is 0 Å². The van der Waals surface area contributed by atoms with Gasteiger partial charge in [-0.25, -0.2) is 0 Å². The second-order valence-electron chi connectivity index (χ2n) is 0.968. The lowest BCUT2D eigenvalue weighted by atomic mass is 10.8. The van der Waals surface area contributed by atoms with Crippen LogP contribution in [0.5, 0.6) is 0 Å². The fourth-order valence-electron chi connectivity index (χ4n) is 0. The topological polar surface area (TPSA) is 0 Å². The van der Waals surface area contributed by atoms with E-state index in [2.05, 4.69) is 37.6 Å². The fraction of sp³-hybridized carbons (Fsp3) is 0.333. The first kappa shape index (κ1) is 7.13. The summed E-state index contributed by atoms with van der Waals surface area (Å²) >= 11 is 6.64. The van der Waals surface area contributed by atoms with Crippen molar-refractivity contribution in [1.29, 1.82) is 0 Å². The maximum Gasteiger partial charge on any atom is 0.0604 e. The van der Waals surface area contributed by atoms with E-state index >= 15 is 0 Å². The molecule has 0 atom stereocenters. The van der Waals surface area contributed by atoms with Crippen LogP contribution >= 0.6 is 36.3 Å². The summed E-state index contributed by atoms with van der Waals surface area (Å²) < 4.78 is 0. The second-order valence-corrected chi connectivity index (χ2v) is 9.31. The SMILES string of the molecule is C=C(C)P(Br)Br. The van der Waals surface area contributed by atoms with Gasteiger partial charge >= 0.3 is 0 Å². The van der Waals surface area contributed by atoms with Crippen LogP contribution in [0.4, 0.5) is 0 Å². The molecule has 0 saturated carbocycles. The smallest absolute Gasteiger partial charge is 0.0604 e. The van der Waals surface area contributed by atoms with Gasteiger partial charge in [0.25, 0.3) is 0 Å². The number of halogens is 2. The van der Waals surface area contributed by atoms with Gasteiger partial charge in [0.2, 0.25) is 0 Å². The van der Waals surface area contributed by atoms with Crippen molar-refractivity contribution in [3.63, 3.8) is 0 Å². The normalized spacial score (nSPS) is 9.33. The van der Waals surface area contributed by atoms with Crippen LogP contribution in [0.15, 0.2) is 11.9 Å². The highest BCUT2D eigenvalue weighted by Crippen LogP contribution is 2.58. The van der Waals surface area contributed by atoms with Crippen molar-refractivity contribution >= 4 is 36.3 Å². The van der Waals surface area contributed by atoms with Crippen LogP contribution in [0.25, 0.3) is 0 Å². The highest BCUT2D eigenvalue weighted by molar-refractivity contribution is 9.70. The molecule has 0 rings (SSSR count). The Morgan fingerprint density at radius 1 is 1.67 bits per heavy atom. The van der Waals surface area contributed by atoms with Gasteiger partial charge in [-0.3, -0.25) is 0 Å². The van der Waals surface area contributed by atoms with Gasteiger partial charge in [0.05, 0.1) is 5.33 Å².